The van der Waals surface area contributed by atoms with Crippen molar-refractivity contribution < 1.29 is 0 Å². The summed E-state index contributed by atoms with van der Waals surface area (Å²) < 4.78 is 1.54. The maximum atomic E-state index is 11.2. The third kappa shape index (κ3) is 2.25. The minimum absolute atomic E-state index is 0.0773. The van der Waals surface area contributed by atoms with Gasteiger partial charge in [-0.15, -0.1) is 0 Å². The van der Waals surface area contributed by atoms with E-state index in [0.717, 1.165) is 17.7 Å². The van der Waals surface area contributed by atoms with Gasteiger partial charge >= 0.3 is 5.69 Å². The molecule has 0 saturated carbocycles. The molecule has 0 unspecified atom stereocenters. The molecule has 0 atom stereocenters. The molecule has 0 radical (unpaired) electrons. The molecule has 0 aliphatic rings. The molecule has 0 fully saturated rings. The van der Waals surface area contributed by atoms with Crippen molar-refractivity contribution in [3.63, 3.8) is 0 Å². The maximum absolute atomic E-state index is 11.2. The van der Waals surface area contributed by atoms with Crippen LogP contribution in [0.3, 0.4) is 0 Å². The summed E-state index contributed by atoms with van der Waals surface area (Å²) in [5.41, 5.74) is 1.86. The van der Waals surface area contributed by atoms with E-state index in [0.29, 0.717) is 0 Å². The minimum atomic E-state index is -0.0773. The highest BCUT2D eigenvalue weighted by atomic mass is 16.1. The van der Waals surface area contributed by atoms with Crippen LogP contribution in [0.15, 0.2) is 29.2 Å². The van der Waals surface area contributed by atoms with E-state index in [1.807, 2.05) is 25.3 Å². The normalized spacial score (nSPS) is 12.6. The Labute approximate surface area is 83.8 Å². The van der Waals surface area contributed by atoms with Crippen LogP contribution in [0.2, 0.25) is 0 Å². The molecule has 0 aliphatic heterocycles. The molecule has 3 nitrogen and oxygen atoms in total. The number of nitrogens with one attached hydrogen (secondary N) is 1. The first-order chi connectivity index (χ1) is 6.69. The molecule has 76 valence electrons. The first-order valence-corrected chi connectivity index (χ1v) is 4.78. The van der Waals surface area contributed by atoms with E-state index in [1.165, 1.54) is 0 Å². The van der Waals surface area contributed by atoms with Crippen LogP contribution in [0.1, 0.15) is 26.0 Å². The van der Waals surface area contributed by atoms with Crippen molar-refractivity contribution in [1.29, 1.82) is 0 Å². The summed E-state index contributed by atoms with van der Waals surface area (Å²) >= 11 is 0. The molecule has 1 rings (SSSR count). The monoisotopic (exact) mass is 192 g/mol. The number of H-pyrrole nitrogens is 1. The zero-order chi connectivity index (χ0) is 10.6. The van der Waals surface area contributed by atoms with Crippen LogP contribution < -0.4 is 5.69 Å². The van der Waals surface area contributed by atoms with Gasteiger partial charge in [0.15, 0.2) is 0 Å². The van der Waals surface area contributed by atoms with E-state index in [2.05, 4.69) is 18.0 Å². The lowest BCUT2D eigenvalue weighted by Gasteiger charge is -1.96. The van der Waals surface area contributed by atoms with E-state index < -0.39 is 0 Å². The first-order valence-electron chi connectivity index (χ1n) is 4.78. The van der Waals surface area contributed by atoms with E-state index >= 15 is 0 Å². The number of hydrogen-bond donors (Lipinski definition) is 1. The van der Waals surface area contributed by atoms with E-state index in [-0.39, 0.29) is 5.69 Å². The SMILES string of the molecule is C/C=C\C(=C/CC)c1cn(C)c(=O)[nH]1. The Kier molecular flexibility index (Phi) is 3.51. The van der Waals surface area contributed by atoms with Gasteiger partial charge in [0.2, 0.25) is 0 Å². The molecule has 1 aromatic rings. The lowest BCUT2D eigenvalue weighted by atomic mass is 10.1. The molecule has 0 aromatic carbocycles. The van der Waals surface area contributed by atoms with Crippen molar-refractivity contribution in [1.82, 2.24) is 9.55 Å². The smallest absolute Gasteiger partial charge is 0.306 e. The van der Waals surface area contributed by atoms with E-state index in [1.54, 1.807) is 11.6 Å². The lowest BCUT2D eigenvalue weighted by molar-refractivity contribution is 0.862. The van der Waals surface area contributed by atoms with Gasteiger partial charge in [0.1, 0.15) is 0 Å². The molecule has 14 heavy (non-hydrogen) atoms. The second kappa shape index (κ2) is 4.65. The number of imidazole rings is 1. The molecular formula is C11H16N2O. The highest BCUT2D eigenvalue weighted by Gasteiger charge is 2.01. The second-order valence-electron chi connectivity index (χ2n) is 3.15. The Hall–Kier alpha value is -1.51. The van der Waals surface area contributed by atoms with Crippen LogP contribution in [0.4, 0.5) is 0 Å². The number of aryl methyl sites for hydroxylation is 1. The Morgan fingerprint density at radius 2 is 2.36 bits per heavy atom. The number of hydrogen-bond acceptors (Lipinski definition) is 1. The molecule has 0 amide bonds. The molecule has 1 aromatic heterocycles. The average Bonchev–Trinajstić information content (AvgIpc) is 2.47. The van der Waals surface area contributed by atoms with Gasteiger partial charge in [0, 0.05) is 13.2 Å². The fraction of sp³-hybridized carbons (Fsp3) is 0.364. The highest BCUT2D eigenvalue weighted by molar-refractivity contribution is 5.71. The fourth-order valence-corrected chi connectivity index (χ4v) is 1.30. The largest absolute Gasteiger partial charge is 0.325 e. The van der Waals surface area contributed by atoms with Crippen molar-refractivity contribution >= 4 is 5.57 Å². The van der Waals surface area contributed by atoms with Crippen LogP contribution in [0, 0.1) is 0 Å². The Bertz CT molecular complexity index is 407. The van der Waals surface area contributed by atoms with Crippen molar-refractivity contribution in [2.24, 2.45) is 7.05 Å². The van der Waals surface area contributed by atoms with Crippen molar-refractivity contribution in [2.45, 2.75) is 20.3 Å². The zero-order valence-corrected chi connectivity index (χ0v) is 8.87. The lowest BCUT2D eigenvalue weighted by Crippen LogP contribution is -2.11. The van der Waals surface area contributed by atoms with Crippen LogP contribution in [0.25, 0.3) is 5.57 Å². The minimum Gasteiger partial charge on any atom is -0.306 e. The molecule has 0 spiro atoms. The van der Waals surface area contributed by atoms with Crippen LogP contribution in [-0.2, 0) is 7.05 Å². The van der Waals surface area contributed by atoms with E-state index in [9.17, 15) is 4.79 Å². The van der Waals surface area contributed by atoms with E-state index in [4.69, 9.17) is 0 Å². The van der Waals surface area contributed by atoms with Crippen molar-refractivity contribution in [3.05, 3.63) is 40.6 Å². The summed E-state index contributed by atoms with van der Waals surface area (Å²) in [5, 5.41) is 0. The van der Waals surface area contributed by atoms with Gasteiger partial charge in [0.25, 0.3) is 0 Å². The molecule has 0 aliphatic carbocycles. The summed E-state index contributed by atoms with van der Waals surface area (Å²) in [7, 11) is 1.74. The van der Waals surface area contributed by atoms with Gasteiger partial charge in [-0.2, -0.15) is 0 Å². The van der Waals surface area contributed by atoms with Crippen molar-refractivity contribution in [2.75, 3.05) is 0 Å². The summed E-state index contributed by atoms with van der Waals surface area (Å²) in [6, 6.07) is 0. The maximum Gasteiger partial charge on any atom is 0.325 e. The summed E-state index contributed by atoms with van der Waals surface area (Å²) in [4.78, 5) is 14.0. The number of rotatable bonds is 3. The number of aromatic amines is 1. The Balaban J connectivity index is 3.12. The van der Waals surface area contributed by atoms with Gasteiger partial charge in [0.05, 0.1) is 5.69 Å². The van der Waals surface area contributed by atoms with Crippen LogP contribution in [0.5, 0.6) is 0 Å². The van der Waals surface area contributed by atoms with Gasteiger partial charge in [-0.25, -0.2) is 4.79 Å². The Morgan fingerprint density at radius 3 is 2.79 bits per heavy atom. The summed E-state index contributed by atoms with van der Waals surface area (Å²) in [5.74, 6) is 0. The standard InChI is InChI=1S/C11H16N2O/c1-4-6-9(7-5-2)10-8-13(3)11(14)12-10/h4,6-8H,5H2,1-3H3,(H,12,14)/b6-4-,9-7+. The molecular weight excluding hydrogens is 176 g/mol. The highest BCUT2D eigenvalue weighted by Crippen LogP contribution is 2.12. The van der Waals surface area contributed by atoms with Crippen molar-refractivity contribution in [3.8, 4) is 0 Å². The predicted molar refractivity (Wildman–Crippen MR) is 59.1 cm³/mol. The Morgan fingerprint density at radius 1 is 1.64 bits per heavy atom. The summed E-state index contributed by atoms with van der Waals surface area (Å²) in [6.45, 7) is 4.04. The van der Waals surface area contributed by atoms with Gasteiger partial charge < -0.3 is 9.55 Å². The van der Waals surface area contributed by atoms with Gasteiger partial charge in [-0.1, -0.05) is 25.2 Å². The third-order valence-electron chi connectivity index (χ3n) is 1.97. The molecule has 3 heteroatoms. The number of nitrogens with zero attached hydrogens (tertiary/aromatic N) is 1. The molecule has 1 heterocycles. The molecule has 1 N–H and O–H groups in total. The van der Waals surface area contributed by atoms with Crippen LogP contribution >= 0.6 is 0 Å². The van der Waals surface area contributed by atoms with Gasteiger partial charge in [-0.05, 0) is 18.9 Å². The first kappa shape index (κ1) is 10.6. The zero-order valence-electron chi connectivity index (χ0n) is 8.87. The number of aromatic nitrogens is 2. The second-order valence-corrected chi connectivity index (χ2v) is 3.15. The third-order valence-corrected chi connectivity index (χ3v) is 1.97. The average molecular weight is 192 g/mol. The van der Waals surface area contributed by atoms with Crippen LogP contribution in [-0.4, -0.2) is 9.55 Å². The fourth-order valence-electron chi connectivity index (χ4n) is 1.30. The number of allylic oxidation sites excluding steroid dienone is 4. The molecule has 0 saturated heterocycles. The van der Waals surface area contributed by atoms with Gasteiger partial charge in [-0.3, -0.25) is 0 Å². The summed E-state index contributed by atoms with van der Waals surface area (Å²) in [6.07, 6.45) is 8.81. The predicted octanol–water partition coefficient (Wildman–Crippen LogP) is 2.08. The topological polar surface area (TPSA) is 37.8 Å². The molecule has 0 bridgehead atoms. The quantitative estimate of drug-likeness (QED) is 0.731.